The number of alkyl halides is 3. The number of amides is 1. The van der Waals surface area contributed by atoms with Gasteiger partial charge in [0.05, 0.1) is 34.0 Å². The van der Waals surface area contributed by atoms with Crippen LogP contribution in [0.5, 0.6) is 11.5 Å². The van der Waals surface area contributed by atoms with Gasteiger partial charge in [0.2, 0.25) is 0 Å². The molecule has 3 aromatic carbocycles. The number of benzene rings is 3. The molecule has 0 saturated carbocycles. The highest BCUT2D eigenvalue weighted by Crippen LogP contribution is 2.37. The lowest BCUT2D eigenvalue weighted by Crippen LogP contribution is -2.18. The van der Waals surface area contributed by atoms with Gasteiger partial charge < -0.3 is 9.47 Å². The van der Waals surface area contributed by atoms with Gasteiger partial charge in [0.15, 0.2) is 11.5 Å². The van der Waals surface area contributed by atoms with Crippen molar-refractivity contribution < 1.29 is 27.4 Å². The van der Waals surface area contributed by atoms with E-state index in [9.17, 15) is 18.0 Å². The molecule has 0 aliphatic rings. The van der Waals surface area contributed by atoms with Crippen LogP contribution in [-0.4, -0.2) is 19.2 Å². The van der Waals surface area contributed by atoms with Crippen molar-refractivity contribution in [2.24, 2.45) is 5.10 Å². The van der Waals surface area contributed by atoms with Crippen LogP contribution in [0.2, 0.25) is 15.1 Å². The lowest BCUT2D eigenvalue weighted by atomic mass is 10.1. The molecule has 0 atom stereocenters. The Morgan fingerprint density at radius 1 is 1.03 bits per heavy atom. The van der Waals surface area contributed by atoms with Gasteiger partial charge in [0.1, 0.15) is 6.61 Å². The highest BCUT2D eigenvalue weighted by molar-refractivity contribution is 6.42. The lowest BCUT2D eigenvalue weighted by molar-refractivity contribution is -0.137. The van der Waals surface area contributed by atoms with Gasteiger partial charge in [0.25, 0.3) is 5.91 Å². The number of halogens is 6. The van der Waals surface area contributed by atoms with Crippen molar-refractivity contribution in [2.45, 2.75) is 12.8 Å². The molecule has 178 valence electrons. The third-order valence-electron chi connectivity index (χ3n) is 4.45. The number of carbonyl (C=O) groups is 1. The second kappa shape index (κ2) is 11.0. The highest BCUT2D eigenvalue weighted by atomic mass is 35.5. The SMILES string of the molecule is COc1cc(/C=N\NC(=O)c2cccc(C(F)(F)F)c2)cc(Cl)c1OCc1ccc(Cl)c(Cl)c1. The number of rotatable bonds is 7. The van der Waals surface area contributed by atoms with Crippen LogP contribution in [-0.2, 0) is 12.8 Å². The predicted molar refractivity (Wildman–Crippen MR) is 125 cm³/mol. The summed E-state index contributed by atoms with van der Waals surface area (Å²) in [5.74, 6) is -0.222. The van der Waals surface area contributed by atoms with Crippen molar-refractivity contribution in [1.29, 1.82) is 0 Å². The van der Waals surface area contributed by atoms with Crippen molar-refractivity contribution in [2.75, 3.05) is 7.11 Å². The second-order valence-corrected chi connectivity index (χ2v) is 8.07. The van der Waals surface area contributed by atoms with Crippen LogP contribution in [0.15, 0.2) is 59.7 Å². The minimum atomic E-state index is -4.56. The van der Waals surface area contributed by atoms with Gasteiger partial charge in [-0.3, -0.25) is 4.79 Å². The Morgan fingerprint density at radius 3 is 2.47 bits per heavy atom. The molecule has 0 saturated heterocycles. The third-order valence-corrected chi connectivity index (χ3v) is 5.47. The van der Waals surface area contributed by atoms with E-state index in [0.29, 0.717) is 21.4 Å². The fourth-order valence-corrected chi connectivity index (χ4v) is 3.40. The van der Waals surface area contributed by atoms with Crippen molar-refractivity contribution in [3.05, 3.63) is 91.9 Å². The lowest BCUT2D eigenvalue weighted by Gasteiger charge is -2.13. The largest absolute Gasteiger partial charge is 0.493 e. The quantitative estimate of drug-likeness (QED) is 0.263. The summed E-state index contributed by atoms with van der Waals surface area (Å²) in [6, 6.07) is 12.2. The molecule has 0 unspecified atom stereocenters. The smallest absolute Gasteiger partial charge is 0.416 e. The van der Waals surface area contributed by atoms with Crippen LogP contribution >= 0.6 is 34.8 Å². The van der Waals surface area contributed by atoms with Crippen molar-refractivity contribution >= 4 is 46.9 Å². The summed E-state index contributed by atoms with van der Waals surface area (Å²) in [5.41, 5.74) is 2.27. The molecule has 0 aliphatic heterocycles. The Kier molecular flexibility index (Phi) is 8.30. The Morgan fingerprint density at radius 2 is 1.79 bits per heavy atom. The Labute approximate surface area is 208 Å². The molecule has 0 radical (unpaired) electrons. The number of nitrogens with one attached hydrogen (secondary N) is 1. The highest BCUT2D eigenvalue weighted by Gasteiger charge is 2.30. The van der Waals surface area contributed by atoms with Gasteiger partial charge in [-0.2, -0.15) is 18.3 Å². The van der Waals surface area contributed by atoms with E-state index >= 15 is 0 Å². The normalized spacial score (nSPS) is 11.5. The van der Waals surface area contributed by atoms with E-state index in [-0.39, 0.29) is 22.9 Å². The molecule has 0 spiro atoms. The predicted octanol–water partition coefficient (Wildman–Crippen LogP) is 7.02. The molecule has 3 rings (SSSR count). The number of hydrazone groups is 1. The summed E-state index contributed by atoms with van der Waals surface area (Å²) >= 11 is 18.2. The topological polar surface area (TPSA) is 59.9 Å². The van der Waals surface area contributed by atoms with E-state index in [0.717, 1.165) is 23.8 Å². The van der Waals surface area contributed by atoms with Crippen LogP contribution in [0.4, 0.5) is 13.2 Å². The maximum Gasteiger partial charge on any atom is 0.416 e. The summed E-state index contributed by atoms with van der Waals surface area (Å²) in [4.78, 5) is 12.1. The number of ether oxygens (including phenoxy) is 2. The first-order chi connectivity index (χ1) is 16.1. The first kappa shape index (κ1) is 25.7. The van der Waals surface area contributed by atoms with Crippen LogP contribution < -0.4 is 14.9 Å². The fraction of sp³-hybridized carbons (Fsp3) is 0.130. The monoisotopic (exact) mass is 530 g/mol. The molecule has 11 heteroatoms. The maximum atomic E-state index is 12.8. The van der Waals surface area contributed by atoms with Gasteiger partial charge in [-0.05, 0) is 53.6 Å². The first-order valence-corrected chi connectivity index (χ1v) is 10.7. The maximum absolute atomic E-state index is 12.8. The summed E-state index contributed by atoms with van der Waals surface area (Å²) < 4.78 is 49.6. The van der Waals surface area contributed by atoms with Crippen molar-refractivity contribution in [3.63, 3.8) is 0 Å². The Bertz CT molecular complexity index is 1230. The van der Waals surface area contributed by atoms with Gasteiger partial charge in [-0.25, -0.2) is 5.43 Å². The molecule has 0 heterocycles. The zero-order chi connectivity index (χ0) is 24.9. The number of nitrogens with zero attached hydrogens (tertiary/aromatic N) is 1. The molecular formula is C23H16Cl3F3N2O3. The molecule has 0 aliphatic carbocycles. The summed E-state index contributed by atoms with van der Waals surface area (Å²) in [5, 5.41) is 4.80. The standard InChI is InChI=1S/C23H16Cl3F3N2O3/c1-33-20-9-14(8-19(26)21(20)34-12-13-5-6-17(24)18(25)7-13)11-30-31-22(32)15-3-2-4-16(10-15)23(27,28)29/h2-11H,12H2,1H3,(H,31,32)/b30-11-. The van der Waals surface area contributed by atoms with Crippen LogP contribution in [0.3, 0.4) is 0 Å². The third kappa shape index (κ3) is 6.56. The van der Waals surface area contributed by atoms with E-state index in [1.165, 1.54) is 25.5 Å². The summed E-state index contributed by atoms with van der Waals surface area (Å²) in [6.07, 6.45) is -3.29. The molecule has 34 heavy (non-hydrogen) atoms. The molecule has 1 N–H and O–H groups in total. The number of carbonyl (C=O) groups excluding carboxylic acids is 1. The van der Waals surface area contributed by atoms with Crippen LogP contribution in [0.25, 0.3) is 0 Å². The van der Waals surface area contributed by atoms with Gasteiger partial charge in [-0.1, -0.05) is 46.9 Å². The Balaban J connectivity index is 1.70. The second-order valence-electron chi connectivity index (χ2n) is 6.85. The van der Waals surface area contributed by atoms with Crippen molar-refractivity contribution in [3.8, 4) is 11.5 Å². The molecule has 1 amide bonds. The van der Waals surface area contributed by atoms with Gasteiger partial charge in [0, 0.05) is 5.56 Å². The van der Waals surface area contributed by atoms with Crippen molar-refractivity contribution in [1.82, 2.24) is 5.43 Å². The first-order valence-electron chi connectivity index (χ1n) is 9.53. The Hall–Kier alpha value is -2.94. The number of hydrogen-bond acceptors (Lipinski definition) is 4. The molecule has 0 bridgehead atoms. The average Bonchev–Trinajstić information content (AvgIpc) is 2.79. The van der Waals surface area contributed by atoms with Crippen LogP contribution in [0.1, 0.15) is 27.0 Å². The van der Waals surface area contributed by atoms with E-state index in [1.54, 1.807) is 24.3 Å². The van der Waals surface area contributed by atoms with E-state index in [2.05, 4.69) is 10.5 Å². The van der Waals surface area contributed by atoms with E-state index in [4.69, 9.17) is 44.3 Å². The van der Waals surface area contributed by atoms with Gasteiger partial charge >= 0.3 is 6.18 Å². The summed E-state index contributed by atoms with van der Waals surface area (Å²) in [7, 11) is 1.42. The molecule has 0 fully saturated rings. The van der Waals surface area contributed by atoms with Gasteiger partial charge in [-0.15, -0.1) is 0 Å². The minimum absolute atomic E-state index is 0.146. The molecule has 0 aromatic heterocycles. The molecule has 3 aromatic rings. The zero-order valence-electron chi connectivity index (χ0n) is 17.4. The fourth-order valence-electron chi connectivity index (χ4n) is 2.81. The summed E-state index contributed by atoms with van der Waals surface area (Å²) in [6.45, 7) is 0.146. The minimum Gasteiger partial charge on any atom is -0.493 e. The number of hydrogen-bond donors (Lipinski definition) is 1. The number of methoxy groups -OCH3 is 1. The van der Waals surface area contributed by atoms with Crippen LogP contribution in [0, 0.1) is 0 Å². The van der Waals surface area contributed by atoms with E-state index in [1.807, 2.05) is 0 Å². The molecular weight excluding hydrogens is 516 g/mol. The molecule has 5 nitrogen and oxygen atoms in total. The van der Waals surface area contributed by atoms with E-state index < -0.39 is 17.6 Å². The average molecular weight is 532 g/mol. The zero-order valence-corrected chi connectivity index (χ0v) is 19.7.